The highest BCUT2D eigenvalue weighted by Crippen LogP contribution is 2.45. The van der Waals surface area contributed by atoms with E-state index in [9.17, 15) is 48.3 Å². The third-order valence-corrected chi connectivity index (χ3v) is 18.0. The average molecular weight is 1410 g/mol. The van der Waals surface area contributed by atoms with E-state index in [4.69, 9.17) is 46.8 Å². The summed E-state index contributed by atoms with van der Waals surface area (Å²) in [6, 6.07) is 29.3. The minimum atomic E-state index is -1.14. The number of fused-ring (bicyclic) bond motifs is 3. The lowest BCUT2D eigenvalue weighted by atomic mass is 9.96. The maximum atomic E-state index is 12.9. The lowest BCUT2D eigenvalue weighted by Gasteiger charge is -2.20. The molecule has 2 amide bonds. The molecule has 3 aromatic heterocycles. The first-order valence-electron chi connectivity index (χ1n) is 33.6. The second-order valence-corrected chi connectivity index (χ2v) is 23.9. The van der Waals surface area contributed by atoms with E-state index in [1.807, 2.05) is 209 Å². The Labute approximate surface area is 597 Å². The summed E-state index contributed by atoms with van der Waals surface area (Å²) < 4.78 is 33.5. The van der Waals surface area contributed by atoms with Crippen LogP contribution in [0.2, 0.25) is 0 Å². The number of carbonyl (C=O) groups is 9. The van der Waals surface area contributed by atoms with Gasteiger partial charge in [0.05, 0.1) is 63.6 Å². The fourth-order valence-corrected chi connectivity index (χ4v) is 12.1. The van der Waals surface area contributed by atoms with Crippen molar-refractivity contribution >= 4 is 96.6 Å². The molecule has 101 heavy (non-hydrogen) atoms. The summed E-state index contributed by atoms with van der Waals surface area (Å²) in [5.41, 5.74) is 26.4. The Morgan fingerprint density at radius 2 is 0.624 bits per heavy atom. The number of Topliss-reactive ketones (excluding diaryl/α,β-unsaturated/α-hetero) is 3. The Bertz CT molecular complexity index is 4390. The van der Waals surface area contributed by atoms with Crippen LogP contribution in [-0.2, 0) is 57.9 Å². The van der Waals surface area contributed by atoms with E-state index < -0.39 is 70.6 Å². The Balaban J connectivity index is 0.000000309. The molecule has 3 heterocycles. The molecular formula is C80H98ClN5O15. The average Bonchev–Trinajstić information content (AvgIpc) is 1.60. The van der Waals surface area contributed by atoms with Gasteiger partial charge in [-0.05, 0) is 182 Å². The molecule has 0 radical (unpaired) electrons. The van der Waals surface area contributed by atoms with Crippen LogP contribution in [0.15, 0.2) is 91.0 Å². The van der Waals surface area contributed by atoms with Crippen LogP contribution >= 0.6 is 11.6 Å². The first-order valence-corrected chi connectivity index (χ1v) is 33.9. The van der Waals surface area contributed by atoms with Gasteiger partial charge < -0.3 is 54.0 Å². The molecular weight excluding hydrogens is 1310 g/mol. The number of amides is 2. The Kier molecular flexibility index (Phi) is 30.2. The Morgan fingerprint density at radius 3 is 0.842 bits per heavy atom. The number of rotatable bonds is 21. The van der Waals surface area contributed by atoms with Crippen LogP contribution in [0.3, 0.4) is 0 Å². The number of ketones is 3. The predicted octanol–water partition coefficient (Wildman–Crippen LogP) is 14.9. The van der Waals surface area contributed by atoms with Crippen LogP contribution in [0.25, 0.3) is 32.7 Å². The van der Waals surface area contributed by atoms with Gasteiger partial charge in [0.25, 0.3) is 28.6 Å². The number of ether oxygens (including phenoxy) is 5. The zero-order chi connectivity index (χ0) is 76.5. The van der Waals surface area contributed by atoms with Crippen molar-refractivity contribution in [2.75, 3.05) is 14.2 Å². The zero-order valence-electron chi connectivity index (χ0n) is 62.6. The summed E-state index contributed by atoms with van der Waals surface area (Å²) >= 11 is 5.63. The fourth-order valence-electron chi connectivity index (χ4n) is 12.0. The van der Waals surface area contributed by atoms with Crippen molar-refractivity contribution < 1.29 is 71.9 Å². The summed E-state index contributed by atoms with van der Waals surface area (Å²) in [5, 5.41) is 9.69. The predicted molar refractivity (Wildman–Crippen MR) is 398 cm³/mol. The van der Waals surface area contributed by atoms with Gasteiger partial charge in [-0.1, -0.05) is 133 Å². The van der Waals surface area contributed by atoms with E-state index in [1.54, 1.807) is 34.6 Å². The Morgan fingerprint density at radius 1 is 0.386 bits per heavy atom. The largest absolute Gasteiger partial charge is 0.479 e. The van der Waals surface area contributed by atoms with Gasteiger partial charge in [-0.15, -0.1) is 0 Å². The van der Waals surface area contributed by atoms with Crippen molar-refractivity contribution in [1.29, 1.82) is 0 Å². The van der Waals surface area contributed by atoms with Gasteiger partial charge >= 0.3 is 17.9 Å². The fraction of sp³-hybridized carbons (Fsp3) is 0.362. The Hall–Kier alpha value is -10.3. The maximum absolute atomic E-state index is 12.9. The van der Waals surface area contributed by atoms with Gasteiger partial charge in [0.15, 0.2) is 18.3 Å². The smallest absolute Gasteiger partial charge is 0.346 e. The number of nitrogens with zero attached hydrogens (tertiary/aromatic N) is 3. The number of aromatic nitrogens is 3. The summed E-state index contributed by atoms with van der Waals surface area (Å²) in [4.78, 5) is 110. The van der Waals surface area contributed by atoms with Crippen LogP contribution in [0, 0.1) is 83.1 Å². The van der Waals surface area contributed by atoms with Crippen molar-refractivity contribution in [3.8, 4) is 17.2 Å². The van der Waals surface area contributed by atoms with Crippen LogP contribution in [0.1, 0.15) is 177 Å². The van der Waals surface area contributed by atoms with Crippen molar-refractivity contribution in [3.63, 3.8) is 0 Å². The molecule has 0 spiro atoms. The normalized spacial score (nSPS) is 11.4. The monoisotopic (exact) mass is 1400 g/mol. The molecule has 0 saturated carbocycles. The van der Waals surface area contributed by atoms with Crippen LogP contribution in [0.5, 0.6) is 17.2 Å². The van der Waals surface area contributed by atoms with E-state index >= 15 is 0 Å². The molecule has 0 fully saturated rings. The molecule has 0 aliphatic heterocycles. The SMILES string of the molecule is CC.CC.CC.COC(=O)C(C)Oc1c(C)c(C)c(C)c2c1c(C(=O)C(=O)Cl)c(C)n2Cc1ccccc1.COC(=O)C(C)Oc1c(C)c(C)c(C)c2c1c(C(=O)C(N)=O)c(C)n2Cc1ccccc1.Cc1c(C)c(C)c2c(c1OC(C)C(=O)O)c(C(=O)C(N)=O)c(C)n2Cc1ccccc1. The molecule has 0 saturated heterocycles. The number of halogens is 1. The zero-order valence-corrected chi connectivity index (χ0v) is 63.3. The van der Waals surface area contributed by atoms with Crippen molar-refractivity contribution in [2.45, 2.75) is 183 Å². The molecule has 6 aromatic carbocycles. The number of aryl methyl sites for hydroxylation is 3. The summed E-state index contributed by atoms with van der Waals surface area (Å²) in [6.45, 7) is 40.6. The number of benzene rings is 6. The first kappa shape index (κ1) is 83.1. The number of primary amides is 2. The lowest BCUT2D eigenvalue weighted by molar-refractivity contribution is -0.148. The van der Waals surface area contributed by atoms with Gasteiger partial charge in [-0.25, -0.2) is 14.4 Å². The number of carboxylic acid groups (broad SMARTS) is 1. The van der Waals surface area contributed by atoms with Crippen LogP contribution in [-0.4, -0.2) is 104 Å². The number of nitrogens with two attached hydrogens (primary N) is 2. The highest BCUT2D eigenvalue weighted by molar-refractivity contribution is 6.83. The van der Waals surface area contributed by atoms with Crippen LogP contribution < -0.4 is 25.7 Å². The molecule has 540 valence electrons. The molecule has 0 bridgehead atoms. The maximum Gasteiger partial charge on any atom is 0.346 e. The standard InChI is InChI=1S/C25H26ClNO5.C25H28N2O5.C24H26N2O5.3C2H6/c2*1-13-14(2)21-20(23(15(13)3)32-17(5)25(30)31-6)19(22(28)24(26)29)16(4)27(21)12-18-10-8-7-9-11-18;1-12-13(2)20-19(22(14(12)3)31-16(5)24(29)30)18(21(27)23(25)28)15(4)26(20)11-17-9-7-6-8-10-17;3*1-2/h7-11,17H,12H2,1-6H3;7-11,17H,12H2,1-6H3,(H2,26,29);6-10,16H,11H2,1-5H3,(H2,25,28)(H,29,30);3*1-2H3. The van der Waals surface area contributed by atoms with Gasteiger partial charge in [-0.2, -0.15) is 0 Å². The van der Waals surface area contributed by atoms with Gasteiger partial charge in [0.2, 0.25) is 5.78 Å². The molecule has 9 aromatic rings. The second kappa shape index (κ2) is 36.7. The summed E-state index contributed by atoms with van der Waals surface area (Å²) in [7, 11) is 2.57. The molecule has 21 heteroatoms. The molecule has 0 aliphatic carbocycles. The highest BCUT2D eigenvalue weighted by Gasteiger charge is 2.35. The third-order valence-electron chi connectivity index (χ3n) is 17.9. The minimum absolute atomic E-state index is 0.150. The van der Waals surface area contributed by atoms with Crippen molar-refractivity contribution in [1.82, 2.24) is 13.7 Å². The molecule has 3 unspecified atom stereocenters. The third kappa shape index (κ3) is 17.6. The molecule has 9 rings (SSSR count). The van der Waals surface area contributed by atoms with E-state index in [0.29, 0.717) is 69.9 Å². The minimum Gasteiger partial charge on any atom is -0.479 e. The van der Waals surface area contributed by atoms with Crippen molar-refractivity contribution in [2.24, 2.45) is 11.5 Å². The van der Waals surface area contributed by atoms with Gasteiger partial charge in [0, 0.05) is 36.7 Å². The summed E-state index contributed by atoms with van der Waals surface area (Å²) in [6.07, 6.45) is -2.95. The summed E-state index contributed by atoms with van der Waals surface area (Å²) in [5.74, 6) is -5.73. The number of carboxylic acids is 1. The highest BCUT2D eigenvalue weighted by atomic mass is 35.5. The van der Waals surface area contributed by atoms with Crippen molar-refractivity contribution in [3.05, 3.63) is 192 Å². The van der Waals surface area contributed by atoms with E-state index in [-0.39, 0.29) is 22.4 Å². The molecule has 0 aliphatic rings. The van der Waals surface area contributed by atoms with E-state index in [1.165, 1.54) is 21.1 Å². The second-order valence-electron chi connectivity index (χ2n) is 23.5. The number of hydrogen-bond acceptors (Lipinski definition) is 14. The molecule has 3 atom stereocenters. The van der Waals surface area contributed by atoms with Crippen LogP contribution in [0.4, 0.5) is 0 Å². The number of methoxy groups -OCH3 is 2. The van der Waals surface area contributed by atoms with Gasteiger partial charge in [0.1, 0.15) is 17.2 Å². The number of carbonyl (C=O) groups excluding carboxylic acids is 8. The van der Waals surface area contributed by atoms with E-state index in [2.05, 4.69) is 0 Å². The number of esters is 2. The first-order chi connectivity index (χ1) is 47.7. The molecule has 5 N–H and O–H groups in total. The van der Waals surface area contributed by atoms with Gasteiger partial charge in [-0.3, -0.25) is 28.8 Å². The number of hydrogen-bond donors (Lipinski definition) is 3. The quantitative estimate of drug-likeness (QED) is 0.0261. The topological polar surface area (TPSA) is 287 Å². The number of aliphatic carboxylic acids is 1. The molecule has 20 nitrogen and oxygen atoms in total. The van der Waals surface area contributed by atoms with E-state index in [0.717, 1.165) is 77.7 Å². The lowest BCUT2D eigenvalue weighted by Crippen LogP contribution is -2.26.